The Morgan fingerprint density at radius 3 is 2.50 bits per heavy atom. The Morgan fingerprint density at radius 2 is 2.06 bits per heavy atom. The highest BCUT2D eigenvalue weighted by Crippen LogP contribution is 2.14. The number of hydrogen-bond acceptors (Lipinski definition) is 5. The maximum absolute atomic E-state index is 12.1. The summed E-state index contributed by atoms with van der Waals surface area (Å²) in [6.45, 7) is 5.73. The van der Waals surface area contributed by atoms with Gasteiger partial charge in [0, 0.05) is 12.1 Å². The highest BCUT2D eigenvalue weighted by molar-refractivity contribution is 5.77. The monoisotopic (exact) mass is 255 g/mol. The minimum atomic E-state index is -0.931. The Hall–Kier alpha value is -1.99. The lowest BCUT2D eigenvalue weighted by Crippen LogP contribution is -2.48. The molecule has 1 N–H and O–H groups in total. The molecule has 8 heteroatoms. The lowest BCUT2D eigenvalue weighted by Gasteiger charge is -2.35. The van der Waals surface area contributed by atoms with Crippen LogP contribution < -0.4 is 0 Å². The van der Waals surface area contributed by atoms with Gasteiger partial charge in [0.15, 0.2) is 0 Å². The van der Waals surface area contributed by atoms with Crippen molar-refractivity contribution in [3.63, 3.8) is 0 Å². The number of carboxylic acid groups (broad SMARTS) is 1. The number of tetrazole rings is 1. The summed E-state index contributed by atoms with van der Waals surface area (Å²) in [4.78, 5) is 24.2. The van der Waals surface area contributed by atoms with Crippen LogP contribution in [-0.2, 0) is 16.1 Å². The number of rotatable bonds is 5. The molecule has 0 aliphatic rings. The smallest absolute Gasteiger partial charge is 0.305 e. The van der Waals surface area contributed by atoms with E-state index < -0.39 is 11.5 Å². The molecule has 18 heavy (non-hydrogen) atoms. The van der Waals surface area contributed by atoms with Crippen molar-refractivity contribution >= 4 is 11.9 Å². The summed E-state index contributed by atoms with van der Waals surface area (Å²) in [7, 11) is 0. The van der Waals surface area contributed by atoms with Crippen molar-refractivity contribution in [1.29, 1.82) is 0 Å². The quantitative estimate of drug-likeness (QED) is 0.780. The fourth-order valence-corrected chi connectivity index (χ4v) is 1.52. The molecule has 0 saturated heterocycles. The first kappa shape index (κ1) is 14.1. The average molecular weight is 255 g/mol. The van der Waals surface area contributed by atoms with Crippen LogP contribution in [0.1, 0.15) is 27.2 Å². The molecular weight excluding hydrogens is 238 g/mol. The van der Waals surface area contributed by atoms with Gasteiger partial charge in [0.1, 0.15) is 12.9 Å². The van der Waals surface area contributed by atoms with Crippen LogP contribution in [0.2, 0.25) is 0 Å². The fourth-order valence-electron chi connectivity index (χ4n) is 1.52. The maximum atomic E-state index is 12.1. The van der Waals surface area contributed by atoms with Crippen LogP contribution in [0.5, 0.6) is 0 Å². The number of nitrogens with zero attached hydrogens (tertiary/aromatic N) is 5. The Morgan fingerprint density at radius 1 is 1.39 bits per heavy atom. The summed E-state index contributed by atoms with van der Waals surface area (Å²) >= 11 is 0. The molecule has 0 radical (unpaired) electrons. The van der Waals surface area contributed by atoms with Gasteiger partial charge < -0.3 is 10.0 Å². The summed E-state index contributed by atoms with van der Waals surface area (Å²) in [6.07, 6.45) is 1.26. The number of carboxylic acids is 1. The molecule has 0 aromatic carbocycles. The molecule has 1 amide bonds. The second kappa shape index (κ2) is 5.56. The van der Waals surface area contributed by atoms with Crippen LogP contribution in [0, 0.1) is 0 Å². The van der Waals surface area contributed by atoms with Gasteiger partial charge >= 0.3 is 5.97 Å². The maximum Gasteiger partial charge on any atom is 0.305 e. The predicted molar refractivity (Wildman–Crippen MR) is 61.5 cm³/mol. The Bertz CT molecular complexity index is 410. The molecule has 0 fully saturated rings. The topological polar surface area (TPSA) is 101 Å². The molecule has 1 aromatic heterocycles. The van der Waals surface area contributed by atoms with E-state index in [0.29, 0.717) is 0 Å². The van der Waals surface area contributed by atoms with Gasteiger partial charge in [0.25, 0.3) is 0 Å². The summed E-state index contributed by atoms with van der Waals surface area (Å²) < 4.78 is 1.31. The minimum absolute atomic E-state index is 0.00386. The normalized spacial score (nSPS) is 11.3. The summed E-state index contributed by atoms with van der Waals surface area (Å²) in [5.41, 5.74) is -0.444. The van der Waals surface area contributed by atoms with E-state index in [9.17, 15) is 9.59 Å². The van der Waals surface area contributed by atoms with Gasteiger partial charge in [-0.15, -0.1) is 5.10 Å². The molecule has 100 valence electrons. The van der Waals surface area contributed by atoms with Crippen LogP contribution >= 0.6 is 0 Å². The average Bonchev–Trinajstić information content (AvgIpc) is 2.67. The third-order valence-corrected chi connectivity index (χ3v) is 2.35. The van der Waals surface area contributed by atoms with E-state index in [0.717, 1.165) is 0 Å². The molecule has 1 heterocycles. The molecule has 1 aromatic rings. The first-order chi connectivity index (χ1) is 8.30. The highest BCUT2D eigenvalue weighted by Gasteiger charge is 2.26. The van der Waals surface area contributed by atoms with Crippen LogP contribution in [0.4, 0.5) is 0 Å². The number of aliphatic carboxylic acids is 1. The van der Waals surface area contributed by atoms with Crippen LogP contribution in [0.3, 0.4) is 0 Å². The van der Waals surface area contributed by atoms with Crippen molar-refractivity contribution in [3.05, 3.63) is 6.33 Å². The third kappa shape index (κ3) is 4.11. The number of carbonyl (C=O) groups is 2. The van der Waals surface area contributed by atoms with E-state index in [1.54, 1.807) is 0 Å². The second-order valence-corrected chi connectivity index (χ2v) is 4.87. The van der Waals surface area contributed by atoms with E-state index in [-0.39, 0.29) is 25.4 Å². The molecule has 0 unspecified atom stereocenters. The Kier molecular flexibility index (Phi) is 4.35. The van der Waals surface area contributed by atoms with Crippen molar-refractivity contribution in [1.82, 2.24) is 25.1 Å². The van der Waals surface area contributed by atoms with E-state index in [4.69, 9.17) is 5.11 Å². The second-order valence-electron chi connectivity index (χ2n) is 4.87. The van der Waals surface area contributed by atoms with Crippen molar-refractivity contribution in [2.75, 3.05) is 6.54 Å². The standard InChI is InChI=1S/C10H17N5O3/c1-10(2,3)15(5-4-9(17)18)8(16)6-14-7-11-12-13-14/h7H,4-6H2,1-3H3,(H,17,18). The van der Waals surface area contributed by atoms with Crippen molar-refractivity contribution < 1.29 is 14.7 Å². The van der Waals surface area contributed by atoms with E-state index in [2.05, 4.69) is 15.5 Å². The molecule has 0 spiro atoms. The Balaban J connectivity index is 2.70. The highest BCUT2D eigenvalue weighted by atomic mass is 16.4. The molecule has 8 nitrogen and oxygen atoms in total. The molecular formula is C10H17N5O3. The number of aromatic nitrogens is 4. The van der Waals surface area contributed by atoms with E-state index in [1.165, 1.54) is 15.9 Å². The lowest BCUT2D eigenvalue weighted by molar-refractivity contribution is -0.141. The SMILES string of the molecule is CC(C)(C)N(CCC(=O)O)C(=O)Cn1cnnn1. The molecule has 0 aliphatic heterocycles. The first-order valence-corrected chi connectivity index (χ1v) is 5.54. The van der Waals surface area contributed by atoms with Gasteiger partial charge in [-0.05, 0) is 31.2 Å². The number of hydrogen-bond donors (Lipinski definition) is 1. The number of amides is 1. The zero-order chi connectivity index (χ0) is 13.8. The molecule has 1 rings (SSSR count). The molecule has 0 atom stereocenters. The fraction of sp³-hybridized carbons (Fsp3) is 0.700. The zero-order valence-corrected chi connectivity index (χ0v) is 10.7. The Labute approximate surface area is 105 Å². The molecule has 0 aliphatic carbocycles. The van der Waals surface area contributed by atoms with Crippen LogP contribution in [0.25, 0.3) is 0 Å². The number of carbonyl (C=O) groups excluding carboxylic acids is 1. The lowest BCUT2D eigenvalue weighted by atomic mass is 10.1. The predicted octanol–water partition coefficient (Wildman–Crippen LogP) is -0.225. The van der Waals surface area contributed by atoms with Crippen molar-refractivity contribution in [2.24, 2.45) is 0 Å². The van der Waals surface area contributed by atoms with Crippen molar-refractivity contribution in [2.45, 2.75) is 39.3 Å². The molecule has 0 bridgehead atoms. The third-order valence-electron chi connectivity index (χ3n) is 2.35. The summed E-state index contributed by atoms with van der Waals surface area (Å²) in [5, 5.41) is 19.2. The van der Waals surface area contributed by atoms with Gasteiger partial charge in [-0.1, -0.05) is 0 Å². The molecule has 0 saturated carbocycles. The van der Waals surface area contributed by atoms with Gasteiger partial charge in [-0.2, -0.15) is 0 Å². The van der Waals surface area contributed by atoms with Gasteiger partial charge in [-0.25, -0.2) is 4.68 Å². The first-order valence-electron chi connectivity index (χ1n) is 5.54. The van der Waals surface area contributed by atoms with Crippen LogP contribution in [0.15, 0.2) is 6.33 Å². The van der Waals surface area contributed by atoms with E-state index >= 15 is 0 Å². The van der Waals surface area contributed by atoms with Crippen molar-refractivity contribution in [3.8, 4) is 0 Å². The van der Waals surface area contributed by atoms with Crippen LogP contribution in [-0.4, -0.2) is 54.2 Å². The van der Waals surface area contributed by atoms with Gasteiger partial charge in [-0.3, -0.25) is 9.59 Å². The summed E-state index contributed by atoms with van der Waals surface area (Å²) in [6, 6.07) is 0. The van der Waals surface area contributed by atoms with Gasteiger partial charge in [0.2, 0.25) is 5.91 Å². The van der Waals surface area contributed by atoms with Gasteiger partial charge in [0.05, 0.1) is 6.42 Å². The summed E-state index contributed by atoms with van der Waals surface area (Å²) in [5.74, 6) is -1.14. The van der Waals surface area contributed by atoms with E-state index in [1.807, 2.05) is 20.8 Å². The zero-order valence-electron chi connectivity index (χ0n) is 10.7. The largest absolute Gasteiger partial charge is 0.481 e. The minimum Gasteiger partial charge on any atom is -0.481 e.